The van der Waals surface area contributed by atoms with Gasteiger partial charge in [0.15, 0.2) is 15.0 Å². The van der Waals surface area contributed by atoms with Gasteiger partial charge in [-0.1, -0.05) is 64.8 Å². The van der Waals surface area contributed by atoms with Gasteiger partial charge in [0, 0.05) is 10.3 Å². The number of hydrogen-bond acceptors (Lipinski definition) is 4. The van der Waals surface area contributed by atoms with E-state index < -0.39 is 9.84 Å². The van der Waals surface area contributed by atoms with Crippen molar-refractivity contribution < 1.29 is 13.2 Å². The minimum atomic E-state index is -3.18. The van der Waals surface area contributed by atoms with Crippen molar-refractivity contribution in [2.75, 3.05) is 16.4 Å². The highest BCUT2D eigenvalue weighted by molar-refractivity contribution is 8.16. The highest BCUT2D eigenvalue weighted by atomic mass is 35.5. The molecule has 0 bridgehead atoms. The zero-order chi connectivity index (χ0) is 20.8. The summed E-state index contributed by atoms with van der Waals surface area (Å²) in [6.07, 6.45) is 0.110. The third kappa shape index (κ3) is 4.44. The van der Waals surface area contributed by atoms with Gasteiger partial charge in [-0.3, -0.25) is 4.79 Å². The molecule has 4 rings (SSSR count). The SMILES string of the molecule is O=C(Cc1ccc(Cl)cc1)N=C1S[C@@H]2CS(=O)(=O)C[C@@H]2N1c1c(Cl)cccc1Cl. The Hall–Kier alpha value is -1.25. The number of fused-ring (bicyclic) bond motifs is 1. The molecule has 0 saturated carbocycles. The molecule has 10 heteroatoms. The van der Waals surface area contributed by atoms with E-state index in [1.54, 1.807) is 47.4 Å². The third-order valence-corrected chi connectivity index (χ3v) is 8.81. The van der Waals surface area contributed by atoms with Crippen molar-refractivity contribution in [2.45, 2.75) is 17.7 Å². The van der Waals surface area contributed by atoms with Crippen molar-refractivity contribution >= 4 is 73.2 Å². The molecule has 0 aliphatic carbocycles. The third-order valence-electron chi connectivity index (χ3n) is 4.73. The fourth-order valence-corrected chi connectivity index (χ4v) is 8.09. The first-order valence-electron chi connectivity index (χ1n) is 8.70. The van der Waals surface area contributed by atoms with E-state index in [2.05, 4.69) is 4.99 Å². The van der Waals surface area contributed by atoms with Gasteiger partial charge in [-0.05, 0) is 29.8 Å². The molecule has 1 amide bonds. The Morgan fingerprint density at radius 3 is 2.38 bits per heavy atom. The number of amides is 1. The second kappa shape index (κ2) is 8.12. The van der Waals surface area contributed by atoms with Crippen molar-refractivity contribution in [1.29, 1.82) is 0 Å². The molecule has 0 unspecified atom stereocenters. The zero-order valence-corrected chi connectivity index (χ0v) is 18.8. The second-order valence-corrected chi connectivity index (χ2v) is 11.4. The van der Waals surface area contributed by atoms with Crippen LogP contribution in [0, 0.1) is 0 Å². The van der Waals surface area contributed by atoms with Crippen LogP contribution in [0.3, 0.4) is 0 Å². The molecule has 29 heavy (non-hydrogen) atoms. The van der Waals surface area contributed by atoms with Crippen LogP contribution in [0.5, 0.6) is 0 Å². The molecule has 2 aromatic carbocycles. The molecule has 2 aliphatic heterocycles. The number of carbonyl (C=O) groups is 1. The second-order valence-electron chi connectivity index (χ2n) is 6.83. The Morgan fingerprint density at radius 1 is 1.07 bits per heavy atom. The van der Waals surface area contributed by atoms with E-state index >= 15 is 0 Å². The number of thioether (sulfide) groups is 1. The first kappa shape index (κ1) is 21.0. The van der Waals surface area contributed by atoms with Crippen molar-refractivity contribution in [2.24, 2.45) is 4.99 Å². The van der Waals surface area contributed by atoms with E-state index in [0.717, 1.165) is 5.56 Å². The Bertz CT molecular complexity index is 1080. The van der Waals surface area contributed by atoms with Gasteiger partial charge in [-0.15, -0.1) is 0 Å². The Balaban J connectivity index is 1.69. The fraction of sp³-hybridized carbons (Fsp3) is 0.263. The quantitative estimate of drug-likeness (QED) is 0.635. The minimum Gasteiger partial charge on any atom is -0.313 e. The summed E-state index contributed by atoms with van der Waals surface area (Å²) in [5.74, 6) is -0.340. The number of carbonyl (C=O) groups excluding carboxylic acids is 1. The average molecular weight is 490 g/mol. The lowest BCUT2D eigenvalue weighted by atomic mass is 10.1. The number of anilines is 1. The molecule has 2 aromatic rings. The standard InChI is InChI=1S/C19H15Cl3N2O3S2/c20-12-6-4-11(5-7-12)8-17(25)23-19-24(18-13(21)2-1-3-14(18)22)15-9-29(26,27)10-16(15)28-19/h1-7,15-16H,8-10H2/t15-,16+/m0/s1. The van der Waals surface area contributed by atoms with Crippen LogP contribution in [0.15, 0.2) is 47.5 Å². The van der Waals surface area contributed by atoms with Crippen LogP contribution in [0.25, 0.3) is 0 Å². The Morgan fingerprint density at radius 2 is 1.72 bits per heavy atom. The maximum absolute atomic E-state index is 12.6. The lowest BCUT2D eigenvalue weighted by molar-refractivity contribution is -0.117. The number of hydrogen-bond donors (Lipinski definition) is 0. The first-order chi connectivity index (χ1) is 13.7. The van der Waals surface area contributed by atoms with Gasteiger partial charge in [0.25, 0.3) is 5.91 Å². The predicted molar refractivity (Wildman–Crippen MR) is 120 cm³/mol. The summed E-state index contributed by atoms with van der Waals surface area (Å²) in [6, 6.07) is 11.7. The van der Waals surface area contributed by atoms with E-state index in [-0.39, 0.29) is 35.1 Å². The van der Waals surface area contributed by atoms with Gasteiger partial charge in [-0.2, -0.15) is 4.99 Å². The topological polar surface area (TPSA) is 66.8 Å². The predicted octanol–water partition coefficient (Wildman–Crippen LogP) is 4.49. The van der Waals surface area contributed by atoms with Gasteiger partial charge in [0.1, 0.15) is 0 Å². The van der Waals surface area contributed by atoms with Crippen LogP contribution in [0.4, 0.5) is 5.69 Å². The number of rotatable bonds is 3. The molecule has 5 nitrogen and oxygen atoms in total. The molecule has 0 spiro atoms. The summed E-state index contributed by atoms with van der Waals surface area (Å²) in [5.41, 5.74) is 1.27. The molecule has 2 aliphatic rings. The van der Waals surface area contributed by atoms with Crippen molar-refractivity contribution in [1.82, 2.24) is 0 Å². The van der Waals surface area contributed by atoms with Crippen LogP contribution in [-0.2, 0) is 21.1 Å². The molecule has 0 radical (unpaired) electrons. The lowest BCUT2D eigenvalue weighted by Crippen LogP contribution is -2.38. The van der Waals surface area contributed by atoms with Crippen LogP contribution < -0.4 is 4.90 Å². The normalized spacial score (nSPS) is 24.1. The molecular formula is C19H15Cl3N2O3S2. The van der Waals surface area contributed by atoms with Crippen LogP contribution in [0.1, 0.15) is 5.56 Å². The number of nitrogens with zero attached hydrogens (tertiary/aromatic N) is 2. The molecule has 2 fully saturated rings. The van der Waals surface area contributed by atoms with Crippen LogP contribution in [-0.4, -0.2) is 42.3 Å². The smallest absolute Gasteiger partial charge is 0.252 e. The Labute approximate surface area is 188 Å². The number of sulfone groups is 1. The number of benzene rings is 2. The molecule has 0 aromatic heterocycles. The number of amidine groups is 1. The minimum absolute atomic E-state index is 0.0311. The fourth-order valence-electron chi connectivity index (χ4n) is 3.47. The van der Waals surface area contributed by atoms with Gasteiger partial charge in [-0.25, -0.2) is 8.42 Å². The highest BCUT2D eigenvalue weighted by Gasteiger charge is 2.50. The summed E-state index contributed by atoms with van der Waals surface area (Å²) >= 11 is 19.9. The molecule has 2 heterocycles. The maximum atomic E-state index is 12.6. The van der Waals surface area contributed by atoms with Gasteiger partial charge in [0.05, 0.1) is 39.7 Å². The largest absolute Gasteiger partial charge is 0.313 e. The average Bonchev–Trinajstić information content (AvgIpc) is 3.09. The van der Waals surface area contributed by atoms with Crippen molar-refractivity contribution in [3.63, 3.8) is 0 Å². The molecule has 152 valence electrons. The number of aliphatic imine (C=N–C) groups is 1. The molecule has 2 atom stereocenters. The number of para-hydroxylation sites is 1. The van der Waals surface area contributed by atoms with Gasteiger partial charge < -0.3 is 4.90 Å². The highest BCUT2D eigenvalue weighted by Crippen LogP contribution is 2.45. The lowest BCUT2D eigenvalue weighted by Gasteiger charge is -2.26. The van der Waals surface area contributed by atoms with Gasteiger partial charge >= 0.3 is 0 Å². The van der Waals surface area contributed by atoms with E-state index in [4.69, 9.17) is 34.8 Å². The maximum Gasteiger partial charge on any atom is 0.252 e. The van der Waals surface area contributed by atoms with Crippen molar-refractivity contribution in [3.05, 3.63) is 63.1 Å². The summed E-state index contributed by atoms with van der Waals surface area (Å²) in [6.45, 7) is 0. The van der Waals surface area contributed by atoms with Gasteiger partial charge in [0.2, 0.25) is 0 Å². The molecular weight excluding hydrogens is 475 g/mol. The van der Waals surface area contributed by atoms with E-state index in [1.807, 2.05) is 0 Å². The molecule has 2 saturated heterocycles. The monoisotopic (exact) mass is 488 g/mol. The Kier molecular flexibility index (Phi) is 5.88. The molecule has 0 N–H and O–H groups in total. The zero-order valence-electron chi connectivity index (χ0n) is 14.9. The summed E-state index contributed by atoms with van der Waals surface area (Å²) in [4.78, 5) is 18.6. The van der Waals surface area contributed by atoms with Crippen molar-refractivity contribution in [3.8, 4) is 0 Å². The summed E-state index contributed by atoms with van der Waals surface area (Å²) in [7, 11) is -3.18. The van der Waals surface area contributed by atoms with E-state index in [0.29, 0.717) is 25.9 Å². The summed E-state index contributed by atoms with van der Waals surface area (Å²) < 4.78 is 24.3. The van der Waals surface area contributed by atoms with E-state index in [9.17, 15) is 13.2 Å². The van der Waals surface area contributed by atoms with Crippen LogP contribution >= 0.6 is 46.6 Å². The summed E-state index contributed by atoms with van der Waals surface area (Å²) in [5, 5.41) is 1.53. The van der Waals surface area contributed by atoms with E-state index in [1.165, 1.54) is 11.8 Å². The number of halogens is 3. The first-order valence-corrected chi connectivity index (χ1v) is 12.5. The van der Waals surface area contributed by atoms with Crippen LogP contribution in [0.2, 0.25) is 15.1 Å².